The Kier molecular flexibility index (Phi) is 5.24. The lowest BCUT2D eigenvalue weighted by Crippen LogP contribution is -2.21. The van der Waals surface area contributed by atoms with E-state index in [0.717, 1.165) is 0 Å². The van der Waals surface area contributed by atoms with Crippen LogP contribution >= 0.6 is 23.2 Å². The summed E-state index contributed by atoms with van der Waals surface area (Å²) in [5.74, 6) is -0.206. The zero-order valence-corrected chi connectivity index (χ0v) is 13.4. The molecule has 0 aromatic heterocycles. The number of hydrogen-bond acceptors (Lipinski definition) is 4. The predicted octanol–water partition coefficient (Wildman–Crippen LogP) is 2.27. The fraction of sp³-hybridized carbons (Fsp3) is 0.385. The molecule has 1 N–H and O–H groups in total. The van der Waals surface area contributed by atoms with Gasteiger partial charge in [-0.15, -0.1) is 0 Å². The van der Waals surface area contributed by atoms with Gasteiger partial charge >= 0.3 is 0 Å². The summed E-state index contributed by atoms with van der Waals surface area (Å²) < 4.78 is 22.6. The van der Waals surface area contributed by atoms with Crippen LogP contribution in [0.25, 0.3) is 0 Å². The number of carbonyl (C=O) groups is 1. The molecule has 1 aliphatic rings. The van der Waals surface area contributed by atoms with E-state index in [2.05, 4.69) is 10.5 Å². The first-order valence-corrected chi connectivity index (χ1v) is 8.91. The molecule has 1 heterocycles. The Hall–Kier alpha value is -1.11. The molecule has 2 rings (SSSR count). The van der Waals surface area contributed by atoms with Gasteiger partial charge in [0.15, 0.2) is 9.84 Å². The molecule has 1 aromatic carbocycles. The minimum atomic E-state index is -2.97. The van der Waals surface area contributed by atoms with Gasteiger partial charge in [-0.1, -0.05) is 35.3 Å². The van der Waals surface area contributed by atoms with Crippen molar-refractivity contribution in [1.29, 1.82) is 0 Å². The normalized spacial score (nSPS) is 20.8. The summed E-state index contributed by atoms with van der Waals surface area (Å²) in [6.45, 7) is 0. The van der Waals surface area contributed by atoms with Gasteiger partial charge in [-0.25, -0.2) is 13.8 Å². The van der Waals surface area contributed by atoms with Gasteiger partial charge in [0.1, 0.15) is 0 Å². The fourth-order valence-corrected chi connectivity index (χ4v) is 4.35. The molecule has 1 aliphatic heterocycles. The van der Waals surface area contributed by atoms with E-state index in [4.69, 9.17) is 23.2 Å². The van der Waals surface area contributed by atoms with Crippen molar-refractivity contribution in [2.45, 2.75) is 12.8 Å². The van der Waals surface area contributed by atoms with E-state index in [1.54, 1.807) is 18.2 Å². The Morgan fingerprint density at radius 1 is 1.43 bits per heavy atom. The SMILES string of the molecule is O=C(C[C@H]1CCS(=O)(=O)C1)N/N=C\c1cccc(Cl)c1Cl. The Morgan fingerprint density at radius 3 is 2.86 bits per heavy atom. The number of hydrazone groups is 1. The summed E-state index contributed by atoms with van der Waals surface area (Å²) >= 11 is 11.8. The molecule has 1 amide bonds. The van der Waals surface area contributed by atoms with Crippen LogP contribution in [0.15, 0.2) is 23.3 Å². The zero-order valence-electron chi connectivity index (χ0n) is 11.1. The first-order valence-electron chi connectivity index (χ1n) is 6.34. The quantitative estimate of drug-likeness (QED) is 0.669. The van der Waals surface area contributed by atoms with Crippen LogP contribution in [0.1, 0.15) is 18.4 Å². The first-order chi connectivity index (χ1) is 9.87. The number of carbonyl (C=O) groups excluding carboxylic acids is 1. The van der Waals surface area contributed by atoms with Gasteiger partial charge in [0.25, 0.3) is 0 Å². The average Bonchev–Trinajstić information content (AvgIpc) is 2.74. The van der Waals surface area contributed by atoms with Gasteiger partial charge in [0.2, 0.25) is 5.91 Å². The molecule has 114 valence electrons. The van der Waals surface area contributed by atoms with Crippen LogP contribution in [-0.2, 0) is 14.6 Å². The molecule has 1 aromatic rings. The van der Waals surface area contributed by atoms with Crippen molar-refractivity contribution in [3.05, 3.63) is 33.8 Å². The standard InChI is InChI=1S/C13H14Cl2N2O3S/c14-11-3-1-2-10(13(11)15)7-16-17-12(18)6-9-4-5-21(19,20)8-9/h1-3,7,9H,4-6,8H2,(H,17,18)/b16-7-/t9-/m1/s1. The highest BCUT2D eigenvalue weighted by Crippen LogP contribution is 2.24. The highest BCUT2D eigenvalue weighted by molar-refractivity contribution is 7.91. The number of benzene rings is 1. The van der Waals surface area contributed by atoms with Crippen LogP contribution in [0, 0.1) is 5.92 Å². The molecule has 8 heteroatoms. The number of rotatable bonds is 4. The highest BCUT2D eigenvalue weighted by Gasteiger charge is 2.29. The Balaban J connectivity index is 1.87. The monoisotopic (exact) mass is 348 g/mol. The maximum absolute atomic E-state index is 11.7. The largest absolute Gasteiger partial charge is 0.273 e. The summed E-state index contributed by atoms with van der Waals surface area (Å²) in [5.41, 5.74) is 2.96. The Labute approximate surface area is 133 Å². The fourth-order valence-electron chi connectivity index (χ4n) is 2.13. The third-order valence-electron chi connectivity index (χ3n) is 3.18. The van der Waals surface area contributed by atoms with E-state index >= 15 is 0 Å². The third kappa shape index (κ3) is 4.69. The van der Waals surface area contributed by atoms with E-state index in [1.807, 2.05) is 0 Å². The second kappa shape index (κ2) is 6.77. The van der Waals surface area contributed by atoms with Crippen molar-refractivity contribution in [3.8, 4) is 0 Å². The second-order valence-electron chi connectivity index (χ2n) is 4.91. The van der Waals surface area contributed by atoms with Gasteiger partial charge < -0.3 is 0 Å². The Bertz CT molecular complexity index is 674. The van der Waals surface area contributed by atoms with Crippen molar-refractivity contribution >= 4 is 45.2 Å². The summed E-state index contributed by atoms with van der Waals surface area (Å²) in [7, 11) is -2.97. The molecular formula is C13H14Cl2N2O3S. The molecule has 5 nitrogen and oxygen atoms in total. The topological polar surface area (TPSA) is 75.6 Å². The maximum Gasteiger partial charge on any atom is 0.240 e. The highest BCUT2D eigenvalue weighted by atomic mass is 35.5. The molecule has 1 saturated heterocycles. The summed E-state index contributed by atoms with van der Waals surface area (Å²) in [6.07, 6.45) is 2.08. The lowest BCUT2D eigenvalue weighted by atomic mass is 10.1. The van der Waals surface area contributed by atoms with Gasteiger partial charge in [0, 0.05) is 12.0 Å². The number of amides is 1. The predicted molar refractivity (Wildman–Crippen MR) is 83.6 cm³/mol. The van der Waals surface area contributed by atoms with E-state index in [1.165, 1.54) is 6.21 Å². The smallest absolute Gasteiger partial charge is 0.240 e. The van der Waals surface area contributed by atoms with Crippen LogP contribution in [-0.4, -0.2) is 32.0 Å². The van der Waals surface area contributed by atoms with Crippen molar-refractivity contribution in [3.63, 3.8) is 0 Å². The summed E-state index contributed by atoms with van der Waals surface area (Å²) in [4.78, 5) is 11.7. The summed E-state index contributed by atoms with van der Waals surface area (Å²) in [6, 6.07) is 5.09. The van der Waals surface area contributed by atoms with Crippen LogP contribution in [0.2, 0.25) is 10.0 Å². The molecule has 0 bridgehead atoms. The molecule has 0 saturated carbocycles. The van der Waals surface area contributed by atoms with Gasteiger partial charge in [-0.05, 0) is 18.4 Å². The van der Waals surface area contributed by atoms with Crippen molar-refractivity contribution < 1.29 is 13.2 Å². The molecule has 0 unspecified atom stereocenters. The van der Waals surface area contributed by atoms with E-state index < -0.39 is 9.84 Å². The van der Waals surface area contributed by atoms with Crippen molar-refractivity contribution in [2.24, 2.45) is 11.0 Å². The molecule has 1 fully saturated rings. The molecule has 0 spiro atoms. The van der Waals surface area contributed by atoms with Gasteiger partial charge in [-0.2, -0.15) is 5.10 Å². The van der Waals surface area contributed by atoms with Crippen LogP contribution in [0.5, 0.6) is 0 Å². The van der Waals surface area contributed by atoms with E-state index in [9.17, 15) is 13.2 Å². The van der Waals surface area contributed by atoms with Gasteiger partial charge in [-0.3, -0.25) is 4.79 Å². The Morgan fingerprint density at radius 2 is 2.19 bits per heavy atom. The third-order valence-corrected chi connectivity index (χ3v) is 5.85. The molecule has 0 radical (unpaired) electrons. The lowest BCUT2D eigenvalue weighted by Gasteiger charge is -2.05. The molecular weight excluding hydrogens is 335 g/mol. The minimum absolute atomic E-state index is 0.0737. The zero-order chi connectivity index (χ0) is 15.5. The minimum Gasteiger partial charge on any atom is -0.273 e. The van der Waals surface area contributed by atoms with Crippen LogP contribution in [0.3, 0.4) is 0 Å². The average molecular weight is 349 g/mol. The van der Waals surface area contributed by atoms with Crippen molar-refractivity contribution in [2.75, 3.05) is 11.5 Å². The second-order valence-corrected chi connectivity index (χ2v) is 7.92. The van der Waals surface area contributed by atoms with Gasteiger partial charge in [0.05, 0.1) is 27.8 Å². The number of nitrogens with one attached hydrogen (secondary N) is 1. The van der Waals surface area contributed by atoms with Crippen molar-refractivity contribution in [1.82, 2.24) is 5.43 Å². The van der Waals surface area contributed by atoms with E-state index in [0.29, 0.717) is 22.0 Å². The first kappa shape index (κ1) is 16.3. The number of halogens is 2. The number of sulfone groups is 1. The lowest BCUT2D eigenvalue weighted by molar-refractivity contribution is -0.121. The maximum atomic E-state index is 11.7. The van der Waals surface area contributed by atoms with E-state index in [-0.39, 0.29) is 29.8 Å². The molecule has 21 heavy (non-hydrogen) atoms. The van der Waals surface area contributed by atoms with Crippen LogP contribution < -0.4 is 5.43 Å². The van der Waals surface area contributed by atoms with Crippen LogP contribution in [0.4, 0.5) is 0 Å². The molecule has 0 aliphatic carbocycles. The summed E-state index contributed by atoms with van der Waals surface area (Å²) in [5, 5.41) is 4.57. The number of nitrogens with zero attached hydrogens (tertiary/aromatic N) is 1. The number of hydrogen-bond donors (Lipinski definition) is 1. The molecule has 1 atom stereocenters.